The molecule has 2 N–H and O–H groups in total. The molecule has 2 aromatic carbocycles. The number of hydrogen-bond acceptors (Lipinski definition) is 4. The van der Waals surface area contributed by atoms with Crippen molar-refractivity contribution in [2.45, 2.75) is 78.7 Å². The lowest BCUT2D eigenvalue weighted by Gasteiger charge is -2.24. The monoisotopic (exact) mass is 491 g/mol. The molecule has 0 aliphatic carbocycles. The maximum absolute atomic E-state index is 13.4. The van der Waals surface area contributed by atoms with Crippen LogP contribution in [0.5, 0.6) is 0 Å². The van der Waals surface area contributed by atoms with Crippen molar-refractivity contribution in [1.29, 1.82) is 0 Å². The van der Waals surface area contributed by atoms with Gasteiger partial charge in [-0.3, -0.25) is 9.36 Å². The third-order valence-electron chi connectivity index (χ3n) is 5.60. The first kappa shape index (κ1) is 32.5. The fourth-order valence-electron chi connectivity index (χ4n) is 3.94. The Bertz CT molecular complexity index is 972. The number of nitrogens with two attached hydrogens (primary N) is 1. The van der Waals surface area contributed by atoms with Gasteiger partial charge in [0.15, 0.2) is 0 Å². The van der Waals surface area contributed by atoms with Crippen molar-refractivity contribution in [3.8, 4) is 0 Å². The maximum Gasteiger partial charge on any atom is 0.259 e. The Morgan fingerprint density at radius 1 is 0.806 bits per heavy atom. The lowest BCUT2D eigenvalue weighted by atomic mass is 9.97. The first-order valence-corrected chi connectivity index (χ1v) is 12.9. The minimum Gasteiger partial charge on any atom is -0.369 e. The predicted octanol–water partition coefficient (Wildman–Crippen LogP) is 7.18. The van der Waals surface area contributed by atoms with E-state index in [-0.39, 0.29) is 17.5 Å². The van der Waals surface area contributed by atoms with Crippen LogP contribution < -0.4 is 11.3 Å². The van der Waals surface area contributed by atoms with Gasteiger partial charge in [-0.2, -0.15) is 0 Å². The molecule has 1 heterocycles. The highest BCUT2D eigenvalue weighted by molar-refractivity contribution is 5.38. The summed E-state index contributed by atoms with van der Waals surface area (Å²) in [5.41, 5.74) is 9.88. The molecule has 0 bridgehead atoms. The predicted molar refractivity (Wildman–Crippen MR) is 155 cm³/mol. The molecular formula is C31H45N3O2. The topological polar surface area (TPSA) is 78.0 Å². The molecule has 5 nitrogen and oxygen atoms in total. The van der Waals surface area contributed by atoms with Crippen LogP contribution in [0.1, 0.15) is 88.2 Å². The summed E-state index contributed by atoms with van der Waals surface area (Å²) in [5.74, 6) is 0.268. The van der Waals surface area contributed by atoms with Crippen LogP contribution >= 0.6 is 0 Å². The van der Waals surface area contributed by atoms with E-state index in [4.69, 9.17) is 10.5 Å². The van der Waals surface area contributed by atoms with E-state index in [1.807, 2.05) is 74.4 Å². The van der Waals surface area contributed by atoms with Crippen molar-refractivity contribution in [3.63, 3.8) is 0 Å². The minimum atomic E-state index is -0.293. The highest BCUT2D eigenvalue weighted by Crippen LogP contribution is 2.27. The largest absolute Gasteiger partial charge is 0.369 e. The summed E-state index contributed by atoms with van der Waals surface area (Å²) in [5, 5.41) is 0. The first-order chi connectivity index (χ1) is 17.6. The Kier molecular flexibility index (Phi) is 17.9. The van der Waals surface area contributed by atoms with Gasteiger partial charge >= 0.3 is 0 Å². The molecule has 3 aromatic rings. The molecule has 0 saturated heterocycles. The molecule has 196 valence electrons. The van der Waals surface area contributed by atoms with Crippen molar-refractivity contribution in [3.05, 3.63) is 107 Å². The van der Waals surface area contributed by atoms with Gasteiger partial charge in [0.25, 0.3) is 5.56 Å². The number of anilines is 1. The van der Waals surface area contributed by atoms with E-state index in [9.17, 15) is 4.79 Å². The molecule has 0 unspecified atom stereocenters. The van der Waals surface area contributed by atoms with Crippen LogP contribution in [0, 0.1) is 0 Å². The molecule has 0 spiro atoms. The van der Waals surface area contributed by atoms with Gasteiger partial charge in [-0.05, 0) is 24.0 Å². The Hall–Kier alpha value is -3.47. The Balaban J connectivity index is 0.00000106. The molecule has 0 atom stereocenters. The number of nitrogens with zero attached hydrogens (tertiary/aromatic N) is 2. The van der Waals surface area contributed by atoms with Crippen molar-refractivity contribution < 1.29 is 4.79 Å². The second-order valence-electron chi connectivity index (χ2n) is 8.10. The molecule has 0 aliphatic heterocycles. The summed E-state index contributed by atoms with van der Waals surface area (Å²) in [6, 6.07) is 19.7. The Morgan fingerprint density at radius 3 is 1.61 bits per heavy atom. The zero-order valence-corrected chi connectivity index (χ0v) is 22.7. The molecule has 0 radical (unpaired) electrons. The SMILES string of the molecule is C=C.C=O.CCCCCC.CCCc1c(CC)nc(N)n(C(c2ccccc2)c2ccccc2)c1=O. The van der Waals surface area contributed by atoms with E-state index in [0.717, 1.165) is 28.8 Å². The van der Waals surface area contributed by atoms with E-state index < -0.39 is 0 Å². The molecule has 0 fully saturated rings. The standard InChI is InChI=1S/C22H25N3O.C6H14.C2H4.CH2O/c1-3-11-18-19(4-2)24-22(23)25(21(18)26)20(16-12-7-5-8-13-16)17-14-9-6-10-15-17;1-3-5-6-4-2;2*1-2/h5-10,12-15,20H,3-4,11H2,1-2H3,(H2,23,24);3-6H2,1-2H3;1-2H2;1H2. The molecule has 5 heteroatoms. The van der Waals surface area contributed by atoms with Gasteiger partial charge in [0, 0.05) is 5.56 Å². The van der Waals surface area contributed by atoms with E-state index in [2.05, 4.69) is 38.9 Å². The van der Waals surface area contributed by atoms with E-state index in [1.165, 1.54) is 25.7 Å². The van der Waals surface area contributed by atoms with E-state index in [1.54, 1.807) is 4.57 Å². The number of hydrogen-bond donors (Lipinski definition) is 1. The van der Waals surface area contributed by atoms with Crippen LogP contribution in [0.3, 0.4) is 0 Å². The number of rotatable bonds is 9. The third kappa shape index (κ3) is 9.65. The average Bonchev–Trinajstić information content (AvgIpc) is 2.94. The zero-order chi connectivity index (χ0) is 27.3. The maximum atomic E-state index is 13.4. The van der Waals surface area contributed by atoms with Crippen molar-refractivity contribution >= 4 is 12.7 Å². The highest BCUT2D eigenvalue weighted by Gasteiger charge is 2.23. The van der Waals surface area contributed by atoms with E-state index in [0.29, 0.717) is 12.8 Å². The van der Waals surface area contributed by atoms with Crippen molar-refractivity contribution in [1.82, 2.24) is 9.55 Å². The fraction of sp³-hybridized carbons (Fsp3) is 0.387. The van der Waals surface area contributed by atoms with Crippen LogP contribution in [0.2, 0.25) is 0 Å². The summed E-state index contributed by atoms with van der Waals surface area (Å²) in [6.45, 7) is 16.5. The van der Waals surface area contributed by atoms with E-state index >= 15 is 0 Å². The molecule has 0 saturated carbocycles. The third-order valence-corrected chi connectivity index (χ3v) is 5.60. The number of aromatic nitrogens is 2. The van der Waals surface area contributed by atoms with Gasteiger partial charge < -0.3 is 10.5 Å². The van der Waals surface area contributed by atoms with Crippen molar-refractivity contribution in [2.75, 3.05) is 5.73 Å². The number of carbonyl (C=O) groups excluding carboxylic acids is 1. The summed E-state index contributed by atoms with van der Waals surface area (Å²) >= 11 is 0. The second-order valence-corrected chi connectivity index (χ2v) is 8.10. The number of unbranched alkanes of at least 4 members (excludes halogenated alkanes) is 3. The Labute approximate surface area is 218 Å². The molecule has 0 amide bonds. The van der Waals surface area contributed by atoms with Gasteiger partial charge in [-0.15, -0.1) is 13.2 Å². The minimum absolute atomic E-state index is 0.0334. The normalized spacial score (nSPS) is 9.69. The van der Waals surface area contributed by atoms with Crippen LogP contribution in [0.25, 0.3) is 0 Å². The van der Waals surface area contributed by atoms with Crippen LogP contribution in [-0.4, -0.2) is 16.3 Å². The summed E-state index contributed by atoms with van der Waals surface area (Å²) in [6.07, 6.45) is 7.85. The molecular weight excluding hydrogens is 446 g/mol. The number of benzene rings is 2. The lowest BCUT2D eigenvalue weighted by Crippen LogP contribution is -2.33. The molecule has 1 aromatic heterocycles. The average molecular weight is 492 g/mol. The second kappa shape index (κ2) is 19.8. The summed E-state index contributed by atoms with van der Waals surface area (Å²) in [7, 11) is 0. The molecule has 36 heavy (non-hydrogen) atoms. The lowest BCUT2D eigenvalue weighted by molar-refractivity contribution is -0.0979. The number of aryl methyl sites for hydroxylation is 1. The van der Waals surface area contributed by atoms with Gasteiger partial charge in [0.05, 0.1) is 11.7 Å². The van der Waals surface area contributed by atoms with Crippen molar-refractivity contribution in [2.24, 2.45) is 0 Å². The Morgan fingerprint density at radius 2 is 1.25 bits per heavy atom. The molecule has 0 aliphatic rings. The van der Waals surface area contributed by atoms with Crippen LogP contribution in [0.15, 0.2) is 78.6 Å². The highest BCUT2D eigenvalue weighted by atomic mass is 16.1. The smallest absolute Gasteiger partial charge is 0.259 e. The summed E-state index contributed by atoms with van der Waals surface area (Å²) < 4.78 is 1.65. The van der Waals surface area contributed by atoms with Crippen LogP contribution in [0.4, 0.5) is 5.95 Å². The fourth-order valence-corrected chi connectivity index (χ4v) is 3.94. The number of carbonyl (C=O) groups is 1. The van der Waals surface area contributed by atoms with Crippen LogP contribution in [-0.2, 0) is 17.6 Å². The zero-order valence-electron chi connectivity index (χ0n) is 22.7. The quantitative estimate of drug-likeness (QED) is 0.254. The van der Waals surface area contributed by atoms with Gasteiger partial charge in [0.1, 0.15) is 6.79 Å². The molecule has 3 rings (SSSR count). The van der Waals surface area contributed by atoms with Gasteiger partial charge in [-0.1, -0.05) is 120 Å². The number of nitrogen functional groups attached to an aromatic ring is 1. The summed E-state index contributed by atoms with van der Waals surface area (Å²) in [4.78, 5) is 26.0. The first-order valence-electron chi connectivity index (χ1n) is 12.9. The van der Waals surface area contributed by atoms with Gasteiger partial charge in [-0.25, -0.2) is 4.98 Å². The van der Waals surface area contributed by atoms with Gasteiger partial charge in [0.2, 0.25) is 5.95 Å².